The van der Waals surface area contributed by atoms with Gasteiger partial charge in [0.1, 0.15) is 11.5 Å². The van der Waals surface area contributed by atoms with E-state index in [-0.39, 0.29) is 21.7 Å². The Morgan fingerprint density at radius 1 is 0.750 bits per heavy atom. The smallest absolute Gasteiger partial charge is 0.119 e. The Morgan fingerprint density at radius 2 is 1.25 bits per heavy atom. The second-order valence-electron chi connectivity index (χ2n) is 12.4. The van der Waals surface area contributed by atoms with E-state index in [0.717, 1.165) is 41.5 Å². The summed E-state index contributed by atoms with van der Waals surface area (Å²) in [5.74, 6) is 1.53. The van der Waals surface area contributed by atoms with E-state index in [9.17, 15) is 10.2 Å². The molecule has 2 atom stereocenters. The Bertz CT molecular complexity index is 981. The molecule has 0 radical (unpaired) electrons. The molecule has 0 amide bonds. The summed E-state index contributed by atoms with van der Waals surface area (Å²) >= 11 is 0. The first-order chi connectivity index (χ1) is 15.1. The number of hydrogen-bond acceptors (Lipinski definition) is 2. The highest BCUT2D eigenvalue weighted by molar-refractivity contribution is 5.50. The van der Waals surface area contributed by atoms with Gasteiger partial charge in [-0.15, -0.1) is 0 Å². The quantitative estimate of drug-likeness (QED) is 0.508. The molecule has 32 heavy (non-hydrogen) atoms. The topological polar surface area (TPSA) is 40.5 Å². The molecule has 4 bridgehead atoms. The molecule has 2 unspecified atom stereocenters. The van der Waals surface area contributed by atoms with Crippen LogP contribution in [0.25, 0.3) is 0 Å². The van der Waals surface area contributed by atoms with Crippen LogP contribution in [0.4, 0.5) is 0 Å². The van der Waals surface area contributed by atoms with Crippen LogP contribution in [0, 0.1) is 30.6 Å². The summed E-state index contributed by atoms with van der Waals surface area (Å²) in [5, 5.41) is 22.4. The monoisotopic (exact) mass is 432 g/mol. The van der Waals surface area contributed by atoms with Crippen molar-refractivity contribution >= 4 is 0 Å². The highest BCUT2D eigenvalue weighted by Crippen LogP contribution is 2.77. The molecule has 6 rings (SSSR count). The van der Waals surface area contributed by atoms with Gasteiger partial charge in [-0.3, -0.25) is 0 Å². The third-order valence-electron chi connectivity index (χ3n) is 9.67. The van der Waals surface area contributed by atoms with Crippen molar-refractivity contribution in [1.29, 1.82) is 0 Å². The minimum Gasteiger partial charge on any atom is -0.508 e. The fourth-order valence-electron chi connectivity index (χ4n) is 9.09. The van der Waals surface area contributed by atoms with Gasteiger partial charge in [0.25, 0.3) is 0 Å². The van der Waals surface area contributed by atoms with Crippen LogP contribution in [-0.2, 0) is 10.8 Å². The first kappa shape index (κ1) is 21.9. The molecule has 0 saturated heterocycles. The van der Waals surface area contributed by atoms with Gasteiger partial charge < -0.3 is 10.2 Å². The average Bonchev–Trinajstić information content (AvgIpc) is 2.66. The molecule has 2 nitrogen and oxygen atoms in total. The first-order valence-corrected chi connectivity index (χ1v) is 12.7. The lowest BCUT2D eigenvalue weighted by Gasteiger charge is -2.72. The van der Waals surface area contributed by atoms with Crippen molar-refractivity contribution in [2.75, 3.05) is 0 Å². The molecule has 4 fully saturated rings. The zero-order chi connectivity index (χ0) is 22.9. The maximum atomic E-state index is 11.2. The molecule has 2 N–H and O–H groups in total. The number of rotatable bonds is 5. The van der Waals surface area contributed by atoms with Crippen molar-refractivity contribution in [1.82, 2.24) is 0 Å². The molecule has 0 aromatic heterocycles. The lowest BCUT2D eigenvalue weighted by Crippen LogP contribution is -2.65. The van der Waals surface area contributed by atoms with Crippen LogP contribution >= 0.6 is 0 Å². The van der Waals surface area contributed by atoms with Crippen molar-refractivity contribution in [3.63, 3.8) is 0 Å². The third-order valence-corrected chi connectivity index (χ3v) is 9.67. The number of hydrogen-bond donors (Lipinski definition) is 2. The SMILES string of the molecule is CCCC12CC3(c4ccc(C)cc4O)CC(c4ccc(C)cc4O)(C1)CC(C(C)C)(C2)C3. The standard InChI is InChI=1S/C30H40O2/c1-6-11-27-14-28(20(2)3)17-29(15-27,23-9-7-21(4)12-25(23)31)19-30(16-27,18-28)24-10-8-22(5)13-26(24)32/h7-10,12-13,20,31-32H,6,11,14-19H2,1-5H3. The minimum absolute atomic E-state index is 0.0245. The highest BCUT2D eigenvalue weighted by atomic mass is 16.3. The zero-order valence-electron chi connectivity index (χ0n) is 20.6. The van der Waals surface area contributed by atoms with E-state index in [1.807, 2.05) is 12.1 Å². The van der Waals surface area contributed by atoms with E-state index in [0.29, 0.717) is 17.4 Å². The van der Waals surface area contributed by atoms with Crippen LogP contribution in [0.2, 0.25) is 0 Å². The highest BCUT2D eigenvalue weighted by Gasteiger charge is 2.69. The van der Waals surface area contributed by atoms with Gasteiger partial charge in [-0.1, -0.05) is 51.5 Å². The maximum Gasteiger partial charge on any atom is 0.119 e. The summed E-state index contributed by atoms with van der Waals surface area (Å²) in [4.78, 5) is 0. The Kier molecular flexibility index (Phi) is 4.79. The molecule has 172 valence electrons. The summed E-state index contributed by atoms with van der Waals surface area (Å²) in [6.07, 6.45) is 9.44. The minimum atomic E-state index is -0.0245. The molecule has 4 aliphatic carbocycles. The Labute approximate surface area is 194 Å². The summed E-state index contributed by atoms with van der Waals surface area (Å²) in [6, 6.07) is 12.7. The van der Waals surface area contributed by atoms with E-state index in [4.69, 9.17) is 0 Å². The summed E-state index contributed by atoms with van der Waals surface area (Å²) in [6.45, 7) is 11.3. The summed E-state index contributed by atoms with van der Waals surface area (Å²) in [7, 11) is 0. The molecule has 2 heteroatoms. The molecular formula is C30H40O2. The predicted octanol–water partition coefficient (Wildman–Crippen LogP) is 7.70. The summed E-state index contributed by atoms with van der Waals surface area (Å²) < 4.78 is 0. The molecule has 4 saturated carbocycles. The number of phenols is 2. The van der Waals surface area contributed by atoms with Crippen LogP contribution in [0.1, 0.15) is 94.4 Å². The van der Waals surface area contributed by atoms with Gasteiger partial charge in [0, 0.05) is 22.0 Å². The van der Waals surface area contributed by atoms with E-state index in [1.54, 1.807) is 0 Å². The van der Waals surface area contributed by atoms with E-state index < -0.39 is 0 Å². The molecular weight excluding hydrogens is 392 g/mol. The van der Waals surface area contributed by atoms with Gasteiger partial charge in [-0.25, -0.2) is 0 Å². The van der Waals surface area contributed by atoms with Crippen LogP contribution < -0.4 is 0 Å². The second-order valence-corrected chi connectivity index (χ2v) is 12.4. The molecule has 2 aromatic rings. The van der Waals surface area contributed by atoms with Crippen LogP contribution in [-0.4, -0.2) is 10.2 Å². The lowest BCUT2D eigenvalue weighted by atomic mass is 9.31. The zero-order valence-corrected chi connectivity index (χ0v) is 20.6. The van der Waals surface area contributed by atoms with Crippen molar-refractivity contribution in [3.05, 3.63) is 58.7 Å². The summed E-state index contributed by atoms with van der Waals surface area (Å²) in [5.41, 5.74) is 5.02. The van der Waals surface area contributed by atoms with Gasteiger partial charge in [0.05, 0.1) is 0 Å². The molecule has 0 spiro atoms. The molecule has 2 aromatic carbocycles. The van der Waals surface area contributed by atoms with Gasteiger partial charge in [-0.05, 0) is 98.8 Å². The first-order valence-electron chi connectivity index (χ1n) is 12.7. The van der Waals surface area contributed by atoms with Crippen LogP contribution in [0.5, 0.6) is 11.5 Å². The number of benzene rings is 2. The Hall–Kier alpha value is -1.96. The average molecular weight is 433 g/mol. The third kappa shape index (κ3) is 3.05. The van der Waals surface area contributed by atoms with Crippen LogP contribution in [0.3, 0.4) is 0 Å². The van der Waals surface area contributed by atoms with Gasteiger partial charge in [0.2, 0.25) is 0 Å². The fourth-order valence-corrected chi connectivity index (χ4v) is 9.09. The van der Waals surface area contributed by atoms with Crippen molar-refractivity contribution in [2.45, 2.75) is 96.8 Å². The molecule has 0 aliphatic heterocycles. The number of phenolic OH excluding ortho intramolecular Hbond substituents is 2. The van der Waals surface area contributed by atoms with E-state index >= 15 is 0 Å². The fraction of sp³-hybridized carbons (Fsp3) is 0.600. The Balaban J connectivity index is 1.76. The van der Waals surface area contributed by atoms with Gasteiger partial charge >= 0.3 is 0 Å². The molecule has 4 aliphatic rings. The van der Waals surface area contributed by atoms with Crippen molar-refractivity contribution in [3.8, 4) is 11.5 Å². The number of aromatic hydroxyl groups is 2. The predicted molar refractivity (Wildman–Crippen MR) is 131 cm³/mol. The van der Waals surface area contributed by atoms with Gasteiger partial charge in [-0.2, -0.15) is 0 Å². The molecule has 0 heterocycles. The second kappa shape index (κ2) is 7.02. The largest absolute Gasteiger partial charge is 0.508 e. The normalized spacial score (nSPS) is 35.6. The maximum absolute atomic E-state index is 11.2. The van der Waals surface area contributed by atoms with Crippen molar-refractivity contribution < 1.29 is 10.2 Å². The Morgan fingerprint density at radius 3 is 1.66 bits per heavy atom. The van der Waals surface area contributed by atoms with Gasteiger partial charge in [0.15, 0.2) is 0 Å². The van der Waals surface area contributed by atoms with E-state index in [1.165, 1.54) is 32.1 Å². The number of aryl methyl sites for hydroxylation is 2. The van der Waals surface area contributed by atoms with E-state index in [2.05, 4.69) is 58.9 Å². The van der Waals surface area contributed by atoms with Crippen LogP contribution in [0.15, 0.2) is 36.4 Å². The lowest BCUT2D eigenvalue weighted by molar-refractivity contribution is -0.163. The van der Waals surface area contributed by atoms with Crippen molar-refractivity contribution in [2.24, 2.45) is 16.7 Å².